The minimum absolute atomic E-state index is 0.192. The average Bonchev–Trinajstić information content (AvgIpc) is 1.88. The fourth-order valence-electron chi connectivity index (χ4n) is 0.414. The Balaban J connectivity index is 3.00. The molecule has 10 heavy (non-hydrogen) atoms. The maximum atomic E-state index is 12.1. The molecule has 0 aliphatic heterocycles. The Hall–Kier alpha value is -1.03. The molecule has 0 N–H and O–H groups in total. The fourth-order valence-corrected chi connectivity index (χ4v) is 0.511. The first-order valence-electron chi connectivity index (χ1n) is 2.37. The van der Waals surface area contributed by atoms with E-state index in [1.165, 1.54) is 0 Å². The Bertz CT molecular complexity index is 248. The van der Waals surface area contributed by atoms with Gasteiger partial charge in [-0.1, -0.05) is 0 Å². The van der Waals surface area contributed by atoms with E-state index in [1.807, 2.05) is 0 Å². The summed E-state index contributed by atoms with van der Waals surface area (Å²) in [5.41, 5.74) is 0. The van der Waals surface area contributed by atoms with Crippen LogP contribution in [-0.4, -0.2) is 15.2 Å². The summed E-state index contributed by atoms with van der Waals surface area (Å²) in [6.45, 7) is 0. The predicted octanol–water partition coefficient (Wildman–Crippen LogP) is 0.995. The number of nitrogens with zero attached hydrogens (tertiary/aromatic N) is 2. The molecule has 5 heteroatoms. The van der Waals surface area contributed by atoms with Crippen molar-refractivity contribution >= 4 is 16.8 Å². The van der Waals surface area contributed by atoms with Crippen LogP contribution in [0, 0.1) is 5.82 Å². The second kappa shape index (κ2) is 2.70. The molecule has 0 atom stereocenters. The van der Waals surface area contributed by atoms with Gasteiger partial charge in [-0.05, 0) is 11.6 Å². The molecule has 3 nitrogen and oxygen atoms in total. The molecule has 0 saturated carbocycles. The third-order valence-corrected chi connectivity index (χ3v) is 0.965. The van der Waals surface area contributed by atoms with Crippen LogP contribution in [0.15, 0.2) is 12.4 Å². The molecule has 0 aromatic carbocycles. The van der Waals surface area contributed by atoms with Gasteiger partial charge in [-0.25, -0.2) is 14.4 Å². The molecule has 0 unspecified atom stereocenters. The highest BCUT2D eigenvalue weighted by atomic mass is 35.5. The highest BCUT2D eigenvalue weighted by Gasteiger charge is 2.03. The monoisotopic (exact) mass is 160 g/mol. The molecule has 1 heterocycles. The van der Waals surface area contributed by atoms with Gasteiger partial charge in [-0.2, -0.15) is 0 Å². The quantitative estimate of drug-likeness (QED) is 0.576. The van der Waals surface area contributed by atoms with E-state index in [0.29, 0.717) is 0 Å². The maximum absolute atomic E-state index is 12.1. The van der Waals surface area contributed by atoms with E-state index in [-0.39, 0.29) is 5.82 Å². The summed E-state index contributed by atoms with van der Waals surface area (Å²) in [4.78, 5) is 16.9. The molecule has 0 radical (unpaired) electrons. The number of aromatic nitrogens is 2. The van der Waals surface area contributed by atoms with Crippen LogP contribution in [0.5, 0.6) is 0 Å². The molecule has 0 spiro atoms. The van der Waals surface area contributed by atoms with Gasteiger partial charge in [0.1, 0.15) is 0 Å². The molecule has 0 bridgehead atoms. The van der Waals surface area contributed by atoms with Gasteiger partial charge < -0.3 is 0 Å². The smallest absolute Gasteiger partial charge is 0.272 e. The van der Waals surface area contributed by atoms with E-state index >= 15 is 0 Å². The fraction of sp³-hybridized carbons (Fsp3) is 0. The topological polar surface area (TPSA) is 42.9 Å². The standard InChI is InChI=1S/C5H2ClFN2O/c6-4(10)5-8-1-3(7)2-9-5/h1-2H. The number of carbonyl (C=O) groups is 1. The second-order valence-electron chi connectivity index (χ2n) is 1.50. The number of rotatable bonds is 1. The van der Waals surface area contributed by atoms with Crippen LogP contribution >= 0.6 is 11.6 Å². The summed E-state index contributed by atoms with van der Waals surface area (Å²) in [5, 5.41) is -0.792. The van der Waals surface area contributed by atoms with Gasteiger partial charge in [0, 0.05) is 0 Å². The van der Waals surface area contributed by atoms with Crippen LogP contribution in [0.2, 0.25) is 0 Å². The lowest BCUT2D eigenvalue weighted by atomic mass is 10.6. The van der Waals surface area contributed by atoms with Crippen molar-refractivity contribution in [1.29, 1.82) is 0 Å². The molecule has 52 valence electrons. The maximum Gasteiger partial charge on any atom is 0.289 e. The molecule has 0 aliphatic carbocycles. The average molecular weight is 161 g/mol. The van der Waals surface area contributed by atoms with Gasteiger partial charge in [0.15, 0.2) is 5.82 Å². The molecular formula is C5H2ClFN2O. The number of hydrogen-bond acceptors (Lipinski definition) is 3. The van der Waals surface area contributed by atoms with Gasteiger partial charge in [0.05, 0.1) is 12.4 Å². The minimum Gasteiger partial charge on any atom is -0.272 e. The Labute approximate surface area is 60.9 Å². The van der Waals surface area contributed by atoms with Crippen molar-refractivity contribution in [3.8, 4) is 0 Å². The Kier molecular flexibility index (Phi) is 1.91. The molecule has 1 rings (SSSR count). The lowest BCUT2D eigenvalue weighted by Crippen LogP contribution is -1.97. The third kappa shape index (κ3) is 1.48. The number of hydrogen-bond donors (Lipinski definition) is 0. The SMILES string of the molecule is O=C(Cl)c1ncc(F)cn1. The Morgan fingerprint density at radius 2 is 2.00 bits per heavy atom. The summed E-state index contributed by atoms with van der Waals surface area (Å²) < 4.78 is 12.1. The van der Waals surface area contributed by atoms with Crippen molar-refractivity contribution in [1.82, 2.24) is 9.97 Å². The lowest BCUT2D eigenvalue weighted by Gasteiger charge is -1.88. The van der Waals surface area contributed by atoms with E-state index in [1.54, 1.807) is 0 Å². The van der Waals surface area contributed by atoms with E-state index in [2.05, 4.69) is 9.97 Å². The zero-order valence-corrected chi connectivity index (χ0v) is 5.47. The van der Waals surface area contributed by atoms with E-state index in [4.69, 9.17) is 11.6 Å². The molecule has 1 aromatic rings. The van der Waals surface area contributed by atoms with Crippen molar-refractivity contribution in [2.45, 2.75) is 0 Å². The van der Waals surface area contributed by atoms with E-state index in [0.717, 1.165) is 12.4 Å². The summed E-state index contributed by atoms with van der Waals surface area (Å²) in [5.74, 6) is -0.787. The molecular weight excluding hydrogens is 159 g/mol. The van der Waals surface area contributed by atoms with E-state index < -0.39 is 11.1 Å². The number of carbonyl (C=O) groups excluding carboxylic acids is 1. The van der Waals surface area contributed by atoms with Gasteiger partial charge in [0.25, 0.3) is 5.24 Å². The van der Waals surface area contributed by atoms with Crippen molar-refractivity contribution < 1.29 is 9.18 Å². The second-order valence-corrected chi connectivity index (χ2v) is 1.84. The Morgan fingerprint density at radius 3 is 2.40 bits per heavy atom. The summed E-state index contributed by atoms with van der Waals surface area (Å²) in [6, 6.07) is 0. The summed E-state index contributed by atoms with van der Waals surface area (Å²) >= 11 is 4.97. The zero-order valence-electron chi connectivity index (χ0n) is 4.71. The van der Waals surface area contributed by atoms with Gasteiger partial charge in [-0.3, -0.25) is 4.79 Å². The lowest BCUT2D eigenvalue weighted by molar-refractivity contribution is 0.107. The Morgan fingerprint density at radius 1 is 1.50 bits per heavy atom. The first-order chi connectivity index (χ1) is 4.70. The minimum atomic E-state index is -0.792. The first-order valence-corrected chi connectivity index (χ1v) is 2.75. The number of halogens is 2. The first kappa shape index (κ1) is 7.08. The van der Waals surface area contributed by atoms with Crippen LogP contribution in [-0.2, 0) is 0 Å². The van der Waals surface area contributed by atoms with Crippen LogP contribution in [0.1, 0.15) is 10.6 Å². The molecule has 0 fully saturated rings. The highest BCUT2D eigenvalue weighted by molar-refractivity contribution is 6.67. The highest BCUT2D eigenvalue weighted by Crippen LogP contribution is 1.96. The van der Waals surface area contributed by atoms with Crippen LogP contribution < -0.4 is 0 Å². The molecule has 0 amide bonds. The van der Waals surface area contributed by atoms with E-state index in [9.17, 15) is 9.18 Å². The zero-order chi connectivity index (χ0) is 7.56. The van der Waals surface area contributed by atoms with Crippen molar-refractivity contribution in [3.05, 3.63) is 24.0 Å². The van der Waals surface area contributed by atoms with Crippen molar-refractivity contribution in [2.24, 2.45) is 0 Å². The molecule has 0 saturated heterocycles. The molecule has 1 aromatic heterocycles. The van der Waals surface area contributed by atoms with Crippen LogP contribution in [0.25, 0.3) is 0 Å². The summed E-state index contributed by atoms with van der Waals surface area (Å²) in [7, 11) is 0. The largest absolute Gasteiger partial charge is 0.289 e. The van der Waals surface area contributed by atoms with Gasteiger partial charge in [0.2, 0.25) is 5.82 Å². The van der Waals surface area contributed by atoms with Crippen molar-refractivity contribution in [2.75, 3.05) is 0 Å². The normalized spacial score (nSPS) is 9.40. The van der Waals surface area contributed by atoms with Crippen LogP contribution in [0.4, 0.5) is 4.39 Å². The predicted molar refractivity (Wildman–Crippen MR) is 32.2 cm³/mol. The molecule has 0 aliphatic rings. The van der Waals surface area contributed by atoms with Gasteiger partial charge in [-0.15, -0.1) is 0 Å². The van der Waals surface area contributed by atoms with Gasteiger partial charge >= 0.3 is 0 Å². The van der Waals surface area contributed by atoms with Crippen LogP contribution in [0.3, 0.4) is 0 Å². The summed E-state index contributed by atoms with van der Waals surface area (Å²) in [6.07, 6.45) is 1.76. The van der Waals surface area contributed by atoms with Crippen molar-refractivity contribution in [3.63, 3.8) is 0 Å². The third-order valence-electron chi connectivity index (χ3n) is 0.796.